The van der Waals surface area contributed by atoms with Gasteiger partial charge in [-0.2, -0.15) is 0 Å². The fourth-order valence-electron chi connectivity index (χ4n) is 2.96. The SMILES string of the molecule is COCCCN1C(=O)S/C(=C/c2cc(I)c(OCc3ccc(Cl)c(Cl)c3)c(OC)c2)C1=O. The Kier molecular flexibility index (Phi) is 9.13. The van der Waals surface area contributed by atoms with Crippen LogP contribution >= 0.6 is 57.6 Å². The van der Waals surface area contributed by atoms with Crippen LogP contribution in [0.2, 0.25) is 10.0 Å². The molecule has 0 aromatic heterocycles. The molecule has 3 rings (SSSR count). The molecule has 0 N–H and O–H groups in total. The highest BCUT2D eigenvalue weighted by Crippen LogP contribution is 2.38. The Labute approximate surface area is 214 Å². The van der Waals surface area contributed by atoms with E-state index >= 15 is 0 Å². The highest BCUT2D eigenvalue weighted by molar-refractivity contribution is 14.1. The van der Waals surface area contributed by atoms with Crippen LogP contribution in [0, 0.1) is 3.57 Å². The predicted molar refractivity (Wildman–Crippen MR) is 136 cm³/mol. The monoisotopic (exact) mass is 607 g/mol. The topological polar surface area (TPSA) is 65.1 Å². The molecule has 0 saturated carbocycles. The van der Waals surface area contributed by atoms with Gasteiger partial charge in [0.2, 0.25) is 0 Å². The van der Waals surface area contributed by atoms with Gasteiger partial charge in [0, 0.05) is 20.3 Å². The second kappa shape index (κ2) is 11.6. The maximum atomic E-state index is 12.6. The average Bonchev–Trinajstić information content (AvgIpc) is 3.02. The van der Waals surface area contributed by atoms with E-state index in [1.165, 1.54) is 4.90 Å². The number of rotatable bonds is 9. The number of carbonyl (C=O) groups excluding carboxylic acids is 2. The van der Waals surface area contributed by atoms with Gasteiger partial charge in [0.1, 0.15) is 6.61 Å². The first-order valence-electron chi connectivity index (χ1n) is 9.52. The van der Waals surface area contributed by atoms with E-state index in [4.69, 9.17) is 37.4 Å². The molecule has 10 heteroatoms. The number of thioether (sulfide) groups is 1. The standard InChI is InChI=1S/C22H20Cl2INO5S/c1-29-7-3-6-26-21(27)19(32-22(26)28)11-14-9-17(25)20(18(10-14)30-2)31-12-13-4-5-15(23)16(24)8-13/h4-5,8-11H,3,6-7,12H2,1-2H3/b19-11+. The van der Waals surface area contributed by atoms with Gasteiger partial charge >= 0.3 is 0 Å². The molecule has 0 aliphatic carbocycles. The lowest BCUT2D eigenvalue weighted by molar-refractivity contribution is -0.122. The van der Waals surface area contributed by atoms with Crippen molar-refractivity contribution >= 4 is 74.8 Å². The third-order valence-electron chi connectivity index (χ3n) is 4.52. The predicted octanol–water partition coefficient (Wildman–Crippen LogP) is 6.26. The molecule has 1 fully saturated rings. The van der Waals surface area contributed by atoms with Crippen LogP contribution in [0.4, 0.5) is 4.79 Å². The van der Waals surface area contributed by atoms with Crippen molar-refractivity contribution in [1.29, 1.82) is 0 Å². The summed E-state index contributed by atoms with van der Waals surface area (Å²) < 4.78 is 17.3. The Bertz CT molecular complexity index is 1060. The fourth-order valence-corrected chi connectivity index (χ4v) is 4.93. The van der Waals surface area contributed by atoms with E-state index in [-0.39, 0.29) is 17.8 Å². The molecule has 0 atom stereocenters. The Hall–Kier alpha value is -1.46. The minimum Gasteiger partial charge on any atom is -0.493 e. The molecular weight excluding hydrogens is 588 g/mol. The first kappa shape index (κ1) is 25.2. The van der Waals surface area contributed by atoms with Gasteiger partial charge in [0.25, 0.3) is 11.1 Å². The van der Waals surface area contributed by atoms with Gasteiger partial charge in [-0.25, -0.2) is 0 Å². The van der Waals surface area contributed by atoms with E-state index < -0.39 is 0 Å². The number of amides is 2. The number of ether oxygens (including phenoxy) is 3. The first-order valence-corrected chi connectivity index (χ1v) is 12.2. The summed E-state index contributed by atoms with van der Waals surface area (Å²) in [5.41, 5.74) is 1.60. The molecule has 0 spiro atoms. The summed E-state index contributed by atoms with van der Waals surface area (Å²) in [4.78, 5) is 26.5. The van der Waals surface area contributed by atoms with Crippen molar-refractivity contribution in [3.05, 3.63) is 60.0 Å². The highest BCUT2D eigenvalue weighted by atomic mass is 127. The molecule has 170 valence electrons. The second-order valence-corrected chi connectivity index (χ2v) is 9.72. The van der Waals surface area contributed by atoms with Gasteiger partial charge in [-0.15, -0.1) is 0 Å². The van der Waals surface area contributed by atoms with Gasteiger partial charge in [-0.1, -0.05) is 29.3 Å². The number of hydrogen-bond donors (Lipinski definition) is 0. The summed E-state index contributed by atoms with van der Waals surface area (Å²) in [7, 11) is 3.13. The van der Waals surface area contributed by atoms with Gasteiger partial charge in [-0.05, 0) is 82.2 Å². The summed E-state index contributed by atoms with van der Waals surface area (Å²) in [6.45, 7) is 1.10. The summed E-state index contributed by atoms with van der Waals surface area (Å²) in [5, 5.41) is 0.663. The molecule has 2 aromatic carbocycles. The van der Waals surface area contributed by atoms with Crippen LogP contribution in [0.1, 0.15) is 17.5 Å². The van der Waals surface area contributed by atoms with Crippen molar-refractivity contribution in [2.75, 3.05) is 27.4 Å². The van der Waals surface area contributed by atoms with Crippen molar-refractivity contribution in [1.82, 2.24) is 4.90 Å². The van der Waals surface area contributed by atoms with E-state index in [2.05, 4.69) is 22.6 Å². The number of nitrogens with zero attached hydrogens (tertiary/aromatic N) is 1. The zero-order valence-electron chi connectivity index (χ0n) is 17.3. The van der Waals surface area contributed by atoms with Gasteiger partial charge in [0.15, 0.2) is 11.5 Å². The van der Waals surface area contributed by atoms with E-state index in [1.54, 1.807) is 38.5 Å². The lowest BCUT2D eigenvalue weighted by Gasteiger charge is -2.14. The maximum Gasteiger partial charge on any atom is 0.293 e. The Balaban J connectivity index is 1.78. The smallest absolute Gasteiger partial charge is 0.293 e. The van der Waals surface area contributed by atoms with Crippen molar-refractivity contribution in [2.45, 2.75) is 13.0 Å². The van der Waals surface area contributed by atoms with Crippen LogP contribution in [0.15, 0.2) is 35.2 Å². The normalized spacial score (nSPS) is 15.0. The van der Waals surface area contributed by atoms with Crippen LogP contribution in [-0.4, -0.2) is 43.4 Å². The van der Waals surface area contributed by atoms with E-state index in [0.717, 1.165) is 26.5 Å². The van der Waals surface area contributed by atoms with Crippen LogP contribution in [0.25, 0.3) is 6.08 Å². The Morgan fingerprint density at radius 1 is 1.12 bits per heavy atom. The molecule has 1 heterocycles. The van der Waals surface area contributed by atoms with Crippen molar-refractivity contribution in [2.24, 2.45) is 0 Å². The number of benzene rings is 2. The van der Waals surface area contributed by atoms with Gasteiger partial charge in [-0.3, -0.25) is 14.5 Å². The number of methoxy groups -OCH3 is 2. The third kappa shape index (κ3) is 6.11. The van der Waals surface area contributed by atoms with Crippen molar-refractivity contribution < 1.29 is 23.8 Å². The van der Waals surface area contributed by atoms with E-state index in [9.17, 15) is 9.59 Å². The molecule has 0 unspecified atom stereocenters. The van der Waals surface area contributed by atoms with Crippen molar-refractivity contribution in [3.8, 4) is 11.5 Å². The summed E-state index contributed by atoms with van der Waals surface area (Å²) in [5.74, 6) is 0.788. The molecule has 2 aromatic rings. The van der Waals surface area contributed by atoms with Gasteiger partial charge < -0.3 is 14.2 Å². The molecule has 0 radical (unpaired) electrons. The van der Waals surface area contributed by atoms with Crippen LogP contribution < -0.4 is 9.47 Å². The summed E-state index contributed by atoms with van der Waals surface area (Å²) >= 11 is 15.1. The molecule has 1 aliphatic heterocycles. The Morgan fingerprint density at radius 2 is 1.91 bits per heavy atom. The van der Waals surface area contributed by atoms with Crippen LogP contribution in [-0.2, 0) is 16.1 Å². The molecule has 1 saturated heterocycles. The quantitative estimate of drug-likeness (QED) is 0.190. The minimum absolute atomic E-state index is 0.277. The summed E-state index contributed by atoms with van der Waals surface area (Å²) in [6, 6.07) is 8.94. The lowest BCUT2D eigenvalue weighted by atomic mass is 10.1. The molecule has 0 bridgehead atoms. The fraction of sp³-hybridized carbons (Fsp3) is 0.273. The van der Waals surface area contributed by atoms with Crippen LogP contribution in [0.5, 0.6) is 11.5 Å². The largest absolute Gasteiger partial charge is 0.493 e. The minimum atomic E-state index is -0.301. The highest BCUT2D eigenvalue weighted by Gasteiger charge is 2.34. The van der Waals surface area contributed by atoms with Crippen molar-refractivity contribution in [3.63, 3.8) is 0 Å². The van der Waals surface area contributed by atoms with E-state index in [1.807, 2.05) is 12.1 Å². The number of halogens is 3. The maximum absolute atomic E-state index is 12.6. The lowest BCUT2D eigenvalue weighted by Crippen LogP contribution is -2.29. The second-order valence-electron chi connectivity index (χ2n) is 6.75. The summed E-state index contributed by atoms with van der Waals surface area (Å²) in [6.07, 6.45) is 2.28. The van der Waals surface area contributed by atoms with Gasteiger partial charge in [0.05, 0.1) is 25.6 Å². The molecule has 32 heavy (non-hydrogen) atoms. The molecule has 1 aliphatic rings. The number of carbonyl (C=O) groups is 2. The molecule has 2 amide bonds. The first-order chi connectivity index (χ1) is 15.3. The third-order valence-corrected chi connectivity index (χ3v) is 6.97. The van der Waals surface area contributed by atoms with E-state index in [0.29, 0.717) is 46.0 Å². The number of imide groups is 1. The zero-order valence-corrected chi connectivity index (χ0v) is 21.8. The number of hydrogen-bond acceptors (Lipinski definition) is 6. The Morgan fingerprint density at radius 3 is 2.59 bits per heavy atom. The van der Waals surface area contributed by atoms with Crippen LogP contribution in [0.3, 0.4) is 0 Å². The molecule has 6 nitrogen and oxygen atoms in total. The average molecular weight is 608 g/mol. The zero-order chi connectivity index (χ0) is 23.3. The molecular formula is C22H20Cl2INO5S.